The van der Waals surface area contributed by atoms with Gasteiger partial charge in [0.25, 0.3) is 0 Å². The Hall–Kier alpha value is -3.35. The highest BCUT2D eigenvalue weighted by Crippen LogP contribution is 2.14. The van der Waals surface area contributed by atoms with Crippen LogP contribution < -0.4 is 5.32 Å². The molecule has 0 heterocycles. The number of carboxylic acid groups (broad SMARTS) is 2. The van der Waals surface area contributed by atoms with E-state index in [1.54, 1.807) is 54.6 Å². The number of rotatable bonds is 8. The molecule has 0 aliphatic carbocycles. The molecule has 2 rings (SSSR count). The molecule has 0 aliphatic heterocycles. The number of amides is 1. The fraction of sp³-hybridized carbons (Fsp3) is 0.211. The molecule has 2 aromatic carbocycles. The minimum atomic E-state index is -1.61. The molecule has 3 N–H and O–H groups in total. The molecule has 136 valence electrons. The average molecular weight is 357 g/mol. The van der Waals surface area contributed by atoms with Crippen molar-refractivity contribution < 1.29 is 29.3 Å². The Balaban J connectivity index is 2.03. The summed E-state index contributed by atoms with van der Waals surface area (Å²) in [6.45, 7) is -0.0462. The highest BCUT2D eigenvalue weighted by molar-refractivity contribution is 5.86. The van der Waals surface area contributed by atoms with Crippen LogP contribution in [0.2, 0.25) is 0 Å². The van der Waals surface area contributed by atoms with Crippen LogP contribution in [0.3, 0.4) is 0 Å². The minimum Gasteiger partial charge on any atom is -0.481 e. The quantitative estimate of drug-likeness (QED) is 0.668. The van der Waals surface area contributed by atoms with Crippen molar-refractivity contribution in [3.8, 4) is 0 Å². The molecular weight excluding hydrogens is 338 g/mol. The minimum absolute atomic E-state index is 0.0356. The molecule has 0 aromatic heterocycles. The molecule has 0 saturated carbocycles. The Morgan fingerprint density at radius 1 is 0.846 bits per heavy atom. The van der Waals surface area contributed by atoms with Gasteiger partial charge in [-0.3, -0.25) is 4.79 Å². The molecule has 7 nitrogen and oxygen atoms in total. The van der Waals surface area contributed by atoms with Crippen LogP contribution in [-0.4, -0.2) is 34.3 Å². The molecule has 0 aliphatic rings. The lowest BCUT2D eigenvalue weighted by Gasteiger charge is -2.21. The van der Waals surface area contributed by atoms with Gasteiger partial charge in [0.15, 0.2) is 0 Å². The van der Waals surface area contributed by atoms with E-state index in [0.29, 0.717) is 5.56 Å². The van der Waals surface area contributed by atoms with Crippen LogP contribution in [0, 0.1) is 5.92 Å². The van der Waals surface area contributed by atoms with E-state index in [2.05, 4.69) is 5.32 Å². The Kier molecular flexibility index (Phi) is 6.73. The normalized spacial score (nSPS) is 12.6. The number of ether oxygens (including phenoxy) is 1. The lowest BCUT2D eigenvalue weighted by molar-refractivity contribution is -0.150. The third-order valence-corrected chi connectivity index (χ3v) is 3.77. The second-order valence-corrected chi connectivity index (χ2v) is 5.66. The maximum atomic E-state index is 11.9. The van der Waals surface area contributed by atoms with Crippen LogP contribution in [-0.2, 0) is 27.4 Å². The fourth-order valence-electron chi connectivity index (χ4n) is 2.44. The summed E-state index contributed by atoms with van der Waals surface area (Å²) in [6, 6.07) is 15.9. The van der Waals surface area contributed by atoms with Gasteiger partial charge < -0.3 is 20.3 Å². The maximum Gasteiger partial charge on any atom is 0.408 e. The number of hydrogen-bond donors (Lipinski definition) is 3. The third-order valence-electron chi connectivity index (χ3n) is 3.77. The Labute approximate surface area is 150 Å². The van der Waals surface area contributed by atoms with Crippen molar-refractivity contribution >= 4 is 18.0 Å². The van der Waals surface area contributed by atoms with E-state index >= 15 is 0 Å². The number of hydrogen-bond acceptors (Lipinski definition) is 4. The van der Waals surface area contributed by atoms with Crippen molar-refractivity contribution in [1.82, 2.24) is 5.32 Å². The van der Waals surface area contributed by atoms with Crippen LogP contribution in [0.1, 0.15) is 11.1 Å². The molecule has 26 heavy (non-hydrogen) atoms. The van der Waals surface area contributed by atoms with Crippen LogP contribution >= 0.6 is 0 Å². The van der Waals surface area contributed by atoms with Gasteiger partial charge >= 0.3 is 18.0 Å². The average Bonchev–Trinajstić information content (AvgIpc) is 2.64. The van der Waals surface area contributed by atoms with Crippen LogP contribution in [0.5, 0.6) is 0 Å². The second-order valence-electron chi connectivity index (χ2n) is 5.66. The van der Waals surface area contributed by atoms with Gasteiger partial charge in [-0.25, -0.2) is 9.59 Å². The lowest BCUT2D eigenvalue weighted by atomic mass is 9.92. The molecule has 2 atom stereocenters. The van der Waals surface area contributed by atoms with E-state index in [9.17, 15) is 24.6 Å². The summed E-state index contributed by atoms with van der Waals surface area (Å²) in [4.78, 5) is 35.0. The van der Waals surface area contributed by atoms with Gasteiger partial charge in [-0.15, -0.1) is 0 Å². The summed E-state index contributed by atoms with van der Waals surface area (Å²) in [5.74, 6) is -4.09. The molecule has 7 heteroatoms. The topological polar surface area (TPSA) is 113 Å². The van der Waals surface area contributed by atoms with Crippen molar-refractivity contribution in [2.75, 3.05) is 0 Å². The first-order chi connectivity index (χ1) is 12.5. The van der Waals surface area contributed by atoms with Crippen molar-refractivity contribution in [2.24, 2.45) is 5.92 Å². The summed E-state index contributed by atoms with van der Waals surface area (Å²) < 4.78 is 4.98. The first-order valence-electron chi connectivity index (χ1n) is 7.94. The number of carbonyl (C=O) groups excluding carboxylic acids is 1. The van der Waals surface area contributed by atoms with Crippen LogP contribution in [0.4, 0.5) is 4.79 Å². The highest BCUT2D eigenvalue weighted by Gasteiger charge is 2.35. The van der Waals surface area contributed by atoms with Crippen LogP contribution in [0.15, 0.2) is 60.7 Å². The number of benzene rings is 2. The molecule has 0 saturated heterocycles. The third kappa shape index (κ3) is 5.62. The number of aliphatic carboxylic acids is 2. The molecular formula is C19H19NO6. The summed E-state index contributed by atoms with van der Waals surface area (Å²) >= 11 is 0. The summed E-state index contributed by atoms with van der Waals surface area (Å²) in [5.41, 5.74) is 1.39. The molecule has 0 spiro atoms. The predicted molar refractivity (Wildman–Crippen MR) is 92.5 cm³/mol. The second kappa shape index (κ2) is 9.22. The summed E-state index contributed by atoms with van der Waals surface area (Å²) in [5, 5.41) is 20.9. The standard InChI is InChI=1S/C19H19NO6/c21-17(22)15(11-13-7-3-1-4-8-13)16(18(23)24)20-19(25)26-12-14-9-5-2-6-10-14/h1-10,15-16H,11-12H2,(H,20,25)(H,21,22)(H,23,24)/t15?,16-/m0/s1. The van der Waals surface area contributed by atoms with Crippen molar-refractivity contribution in [2.45, 2.75) is 19.1 Å². The fourth-order valence-corrected chi connectivity index (χ4v) is 2.44. The number of carboxylic acids is 2. The molecule has 0 bridgehead atoms. The Morgan fingerprint density at radius 3 is 1.88 bits per heavy atom. The Morgan fingerprint density at radius 2 is 1.38 bits per heavy atom. The summed E-state index contributed by atoms with van der Waals surface area (Å²) in [7, 11) is 0. The largest absolute Gasteiger partial charge is 0.481 e. The SMILES string of the molecule is O=C(N[C@H](C(=O)O)C(Cc1ccccc1)C(=O)O)OCc1ccccc1. The smallest absolute Gasteiger partial charge is 0.408 e. The first-order valence-corrected chi connectivity index (χ1v) is 7.94. The van der Waals surface area contributed by atoms with Gasteiger partial charge in [-0.2, -0.15) is 0 Å². The van der Waals surface area contributed by atoms with Gasteiger partial charge in [0.05, 0.1) is 5.92 Å². The number of nitrogens with one attached hydrogen (secondary N) is 1. The van der Waals surface area contributed by atoms with E-state index in [4.69, 9.17) is 4.74 Å². The van der Waals surface area contributed by atoms with E-state index in [0.717, 1.165) is 5.56 Å². The number of alkyl carbamates (subject to hydrolysis) is 1. The molecule has 2 aromatic rings. The van der Waals surface area contributed by atoms with Crippen molar-refractivity contribution in [3.05, 3.63) is 71.8 Å². The molecule has 1 amide bonds. The van der Waals surface area contributed by atoms with E-state index in [1.807, 2.05) is 6.07 Å². The highest BCUT2D eigenvalue weighted by atomic mass is 16.5. The zero-order chi connectivity index (χ0) is 18.9. The first kappa shape index (κ1) is 19.0. The number of carbonyl (C=O) groups is 3. The lowest BCUT2D eigenvalue weighted by Crippen LogP contribution is -2.49. The van der Waals surface area contributed by atoms with Crippen LogP contribution in [0.25, 0.3) is 0 Å². The van der Waals surface area contributed by atoms with E-state index in [1.165, 1.54) is 0 Å². The molecule has 0 radical (unpaired) electrons. The monoisotopic (exact) mass is 357 g/mol. The van der Waals surface area contributed by atoms with Crippen molar-refractivity contribution in [3.63, 3.8) is 0 Å². The maximum absolute atomic E-state index is 11.9. The van der Waals surface area contributed by atoms with E-state index < -0.39 is 30.0 Å². The van der Waals surface area contributed by atoms with E-state index in [-0.39, 0.29) is 13.0 Å². The van der Waals surface area contributed by atoms with Gasteiger partial charge in [0.1, 0.15) is 12.6 Å². The van der Waals surface area contributed by atoms with Crippen molar-refractivity contribution in [1.29, 1.82) is 0 Å². The molecule has 1 unspecified atom stereocenters. The molecule has 0 fully saturated rings. The van der Waals surface area contributed by atoms with Gasteiger partial charge in [-0.1, -0.05) is 60.7 Å². The van der Waals surface area contributed by atoms with Gasteiger partial charge in [0.2, 0.25) is 0 Å². The van der Waals surface area contributed by atoms with Gasteiger partial charge in [0, 0.05) is 0 Å². The summed E-state index contributed by atoms with van der Waals surface area (Å²) in [6.07, 6.45) is -1.02. The van der Waals surface area contributed by atoms with Gasteiger partial charge in [-0.05, 0) is 17.5 Å². The zero-order valence-electron chi connectivity index (χ0n) is 13.9. The zero-order valence-corrected chi connectivity index (χ0v) is 13.9. The Bertz CT molecular complexity index is 747. The predicted octanol–water partition coefficient (Wildman–Crippen LogP) is 2.31.